The number of nitrogens with one attached hydrogen (secondary N) is 1. The van der Waals surface area contributed by atoms with Crippen molar-refractivity contribution in [2.75, 3.05) is 0 Å². The molecule has 0 radical (unpaired) electrons. The van der Waals surface area contributed by atoms with Gasteiger partial charge in [-0.3, -0.25) is 4.79 Å². The van der Waals surface area contributed by atoms with Crippen molar-refractivity contribution in [3.63, 3.8) is 0 Å². The molecule has 5 nitrogen and oxygen atoms in total. The number of alkyl halides is 3. The normalized spacial score (nSPS) is 11.7. The smallest absolute Gasteiger partial charge is 0.416 e. The minimum atomic E-state index is -4.43. The fourth-order valence-electron chi connectivity index (χ4n) is 2.97. The first-order chi connectivity index (χ1) is 14.8. The van der Waals surface area contributed by atoms with E-state index in [4.69, 9.17) is 8.83 Å². The monoisotopic (exact) mass is 446 g/mol. The third-order valence-corrected chi connectivity index (χ3v) is 5.38. The van der Waals surface area contributed by atoms with Crippen LogP contribution in [-0.4, -0.2) is 10.9 Å². The molecule has 4 rings (SSSR count). The number of thioether (sulfide) groups is 1. The topological polar surface area (TPSA) is 68.3 Å². The molecule has 1 N–H and O–H groups in total. The molecule has 2 aromatic heterocycles. The molecule has 4 aromatic rings. The number of para-hydroxylation sites is 1. The number of carbonyl (C=O) groups excluding carboxylic acids is 1. The summed E-state index contributed by atoms with van der Waals surface area (Å²) in [4.78, 5) is 16.7. The van der Waals surface area contributed by atoms with E-state index in [1.165, 1.54) is 30.0 Å². The van der Waals surface area contributed by atoms with Crippen LogP contribution in [0, 0.1) is 6.92 Å². The van der Waals surface area contributed by atoms with E-state index in [2.05, 4.69) is 10.3 Å². The SMILES string of the molecule is Cc1cccc2oc(SCc3ccc(C(=O)NCc4cccc(C(F)(F)F)c4)o3)nc12. The number of aryl methyl sites for hydroxylation is 1. The summed E-state index contributed by atoms with van der Waals surface area (Å²) in [5, 5.41) is 3.06. The second kappa shape index (κ2) is 8.50. The molecule has 0 atom stereocenters. The molecule has 160 valence electrons. The number of halogens is 3. The van der Waals surface area contributed by atoms with Crippen LogP contribution in [0.1, 0.15) is 33.0 Å². The Hall–Kier alpha value is -3.20. The van der Waals surface area contributed by atoms with E-state index < -0.39 is 17.6 Å². The Morgan fingerprint density at radius 2 is 1.90 bits per heavy atom. The number of hydrogen-bond donors (Lipinski definition) is 1. The highest BCUT2D eigenvalue weighted by Crippen LogP contribution is 2.30. The fraction of sp³-hybridized carbons (Fsp3) is 0.182. The molecule has 31 heavy (non-hydrogen) atoms. The highest BCUT2D eigenvalue weighted by atomic mass is 32.2. The summed E-state index contributed by atoms with van der Waals surface area (Å²) in [5.41, 5.74) is 2.12. The second-order valence-corrected chi connectivity index (χ2v) is 7.76. The van der Waals surface area contributed by atoms with Gasteiger partial charge in [-0.05, 0) is 48.4 Å². The Labute approximate surface area is 179 Å². The number of rotatable bonds is 6. The predicted molar refractivity (Wildman–Crippen MR) is 110 cm³/mol. The molecular weight excluding hydrogens is 429 g/mol. The average molecular weight is 446 g/mol. The number of furan rings is 1. The van der Waals surface area contributed by atoms with Crippen LogP contribution in [0.2, 0.25) is 0 Å². The van der Waals surface area contributed by atoms with Gasteiger partial charge in [-0.2, -0.15) is 13.2 Å². The summed E-state index contributed by atoms with van der Waals surface area (Å²) < 4.78 is 49.6. The molecule has 1 amide bonds. The zero-order valence-corrected chi connectivity index (χ0v) is 17.1. The van der Waals surface area contributed by atoms with Crippen LogP contribution in [0.3, 0.4) is 0 Å². The van der Waals surface area contributed by atoms with Crippen molar-refractivity contribution < 1.29 is 26.8 Å². The van der Waals surface area contributed by atoms with Gasteiger partial charge in [-0.1, -0.05) is 36.0 Å². The van der Waals surface area contributed by atoms with Crippen LogP contribution in [0.25, 0.3) is 11.1 Å². The van der Waals surface area contributed by atoms with E-state index in [0.717, 1.165) is 23.2 Å². The highest BCUT2D eigenvalue weighted by Gasteiger charge is 2.30. The lowest BCUT2D eigenvalue weighted by Gasteiger charge is -2.09. The molecule has 0 bridgehead atoms. The fourth-order valence-corrected chi connectivity index (χ4v) is 3.69. The van der Waals surface area contributed by atoms with Crippen LogP contribution < -0.4 is 5.32 Å². The quantitative estimate of drug-likeness (QED) is 0.370. The van der Waals surface area contributed by atoms with Crippen LogP contribution in [-0.2, 0) is 18.5 Å². The summed E-state index contributed by atoms with van der Waals surface area (Å²) in [6.45, 7) is 1.91. The molecule has 2 aromatic carbocycles. The summed E-state index contributed by atoms with van der Waals surface area (Å²) in [6.07, 6.45) is -4.43. The van der Waals surface area contributed by atoms with E-state index in [-0.39, 0.29) is 12.3 Å². The maximum Gasteiger partial charge on any atom is 0.416 e. The zero-order valence-electron chi connectivity index (χ0n) is 16.3. The van der Waals surface area contributed by atoms with Gasteiger partial charge in [0.05, 0.1) is 11.3 Å². The predicted octanol–water partition coefficient (Wildman–Crippen LogP) is 5.97. The number of nitrogens with zero attached hydrogens (tertiary/aromatic N) is 1. The first kappa shape index (κ1) is 21.0. The van der Waals surface area contributed by atoms with Crippen LogP contribution >= 0.6 is 11.8 Å². The van der Waals surface area contributed by atoms with Gasteiger partial charge in [0, 0.05) is 6.54 Å². The van der Waals surface area contributed by atoms with Crippen molar-refractivity contribution in [3.8, 4) is 0 Å². The Morgan fingerprint density at radius 3 is 2.68 bits per heavy atom. The molecule has 0 fully saturated rings. The third kappa shape index (κ3) is 4.93. The molecule has 9 heteroatoms. The lowest BCUT2D eigenvalue weighted by atomic mass is 10.1. The summed E-state index contributed by atoms with van der Waals surface area (Å²) in [6, 6.07) is 13.7. The lowest BCUT2D eigenvalue weighted by Crippen LogP contribution is -2.22. The van der Waals surface area contributed by atoms with Gasteiger partial charge in [-0.25, -0.2) is 4.98 Å². The van der Waals surface area contributed by atoms with Crippen LogP contribution in [0.15, 0.2) is 68.7 Å². The highest BCUT2D eigenvalue weighted by molar-refractivity contribution is 7.98. The Kier molecular flexibility index (Phi) is 5.77. The molecule has 0 aliphatic carbocycles. The zero-order chi connectivity index (χ0) is 22.0. The minimum absolute atomic E-state index is 0.0458. The minimum Gasteiger partial charge on any atom is -0.455 e. The van der Waals surface area contributed by atoms with Gasteiger partial charge in [-0.15, -0.1) is 0 Å². The standard InChI is InChI=1S/C22H17F3N2O3S/c1-13-4-2-7-17-19(13)27-21(30-17)31-12-16-8-9-18(29-16)20(28)26-11-14-5-3-6-15(10-14)22(23,24)25/h2-10H,11-12H2,1H3,(H,26,28). The number of fused-ring (bicyclic) bond motifs is 1. The van der Waals surface area contributed by atoms with E-state index in [0.29, 0.717) is 27.9 Å². The van der Waals surface area contributed by atoms with Crippen molar-refractivity contribution in [3.05, 3.63) is 82.8 Å². The molecule has 0 saturated carbocycles. The number of hydrogen-bond acceptors (Lipinski definition) is 5. The van der Waals surface area contributed by atoms with Crippen molar-refractivity contribution in [1.82, 2.24) is 10.3 Å². The van der Waals surface area contributed by atoms with Crippen molar-refractivity contribution in [2.45, 2.75) is 30.6 Å². The van der Waals surface area contributed by atoms with E-state index in [1.807, 2.05) is 25.1 Å². The van der Waals surface area contributed by atoms with Gasteiger partial charge < -0.3 is 14.2 Å². The molecular formula is C22H17F3N2O3S. The number of oxazole rings is 1. The maximum absolute atomic E-state index is 12.8. The lowest BCUT2D eigenvalue weighted by molar-refractivity contribution is -0.137. The Balaban J connectivity index is 1.35. The van der Waals surface area contributed by atoms with Crippen molar-refractivity contribution in [2.24, 2.45) is 0 Å². The molecule has 0 aliphatic heterocycles. The molecule has 0 aliphatic rings. The maximum atomic E-state index is 12.8. The van der Waals surface area contributed by atoms with Gasteiger partial charge in [0.25, 0.3) is 11.1 Å². The van der Waals surface area contributed by atoms with Gasteiger partial charge in [0.2, 0.25) is 0 Å². The summed E-state index contributed by atoms with van der Waals surface area (Å²) in [5.74, 6) is 0.530. The van der Waals surface area contributed by atoms with Gasteiger partial charge in [0.1, 0.15) is 11.3 Å². The number of benzene rings is 2. The third-order valence-electron chi connectivity index (χ3n) is 4.53. The largest absolute Gasteiger partial charge is 0.455 e. The number of carbonyl (C=O) groups is 1. The molecule has 0 spiro atoms. The average Bonchev–Trinajstić information content (AvgIpc) is 3.38. The second-order valence-electron chi connectivity index (χ2n) is 6.84. The van der Waals surface area contributed by atoms with Crippen molar-refractivity contribution >= 4 is 28.8 Å². The molecule has 2 heterocycles. The number of aromatic nitrogens is 1. The van der Waals surface area contributed by atoms with Crippen LogP contribution in [0.5, 0.6) is 0 Å². The first-order valence-electron chi connectivity index (χ1n) is 9.31. The van der Waals surface area contributed by atoms with Gasteiger partial charge in [0.15, 0.2) is 11.3 Å². The number of amides is 1. The van der Waals surface area contributed by atoms with Crippen molar-refractivity contribution in [1.29, 1.82) is 0 Å². The Bertz CT molecular complexity index is 1230. The van der Waals surface area contributed by atoms with E-state index >= 15 is 0 Å². The summed E-state index contributed by atoms with van der Waals surface area (Å²) in [7, 11) is 0. The Morgan fingerprint density at radius 1 is 1.10 bits per heavy atom. The molecule has 0 unspecified atom stereocenters. The van der Waals surface area contributed by atoms with E-state index in [1.54, 1.807) is 6.07 Å². The van der Waals surface area contributed by atoms with Crippen LogP contribution in [0.4, 0.5) is 13.2 Å². The molecule has 0 saturated heterocycles. The summed E-state index contributed by atoms with van der Waals surface area (Å²) >= 11 is 1.34. The van der Waals surface area contributed by atoms with E-state index in [9.17, 15) is 18.0 Å². The van der Waals surface area contributed by atoms with Gasteiger partial charge >= 0.3 is 6.18 Å². The first-order valence-corrected chi connectivity index (χ1v) is 10.3.